The topological polar surface area (TPSA) is 236 Å². The number of ether oxygens (including phenoxy) is 5. The van der Waals surface area contributed by atoms with E-state index in [4.69, 9.17) is 44.1 Å². The number of anilines is 1. The lowest BCUT2D eigenvalue weighted by Crippen LogP contribution is -2.33. The van der Waals surface area contributed by atoms with Crippen molar-refractivity contribution in [2.75, 3.05) is 25.1 Å². The van der Waals surface area contributed by atoms with Crippen molar-refractivity contribution in [2.24, 2.45) is 5.73 Å². The van der Waals surface area contributed by atoms with Gasteiger partial charge in [0.1, 0.15) is 36.9 Å². The quantitative estimate of drug-likeness (QED) is 0.0462. The average molecular weight is 785 g/mol. The number of hydrogen-bond donors (Lipinski definition) is 5. The van der Waals surface area contributed by atoms with Crippen molar-refractivity contribution in [3.8, 4) is 22.9 Å². The molecule has 5 unspecified atom stereocenters. The number of rotatable bonds is 14. The van der Waals surface area contributed by atoms with E-state index in [1.807, 2.05) is 25.1 Å². The SMILES string of the molecule is CCC1C(=O)OCc2c1cc1n(c2=O)Cc2c-1nc1cc3c(cc1c2CNC(=O)CONOCc1ccc(OC2OC4OC4C2O)c(NC(=O)CCN)c1)OCC3. The van der Waals surface area contributed by atoms with Gasteiger partial charge < -0.3 is 49.7 Å². The monoisotopic (exact) mass is 784 g/mol. The summed E-state index contributed by atoms with van der Waals surface area (Å²) >= 11 is 0. The van der Waals surface area contributed by atoms with E-state index in [0.717, 1.165) is 34.2 Å². The van der Waals surface area contributed by atoms with Crippen LogP contribution in [-0.4, -0.2) is 77.0 Å². The van der Waals surface area contributed by atoms with Gasteiger partial charge in [0.25, 0.3) is 5.56 Å². The van der Waals surface area contributed by atoms with Gasteiger partial charge in [-0.25, -0.2) is 4.98 Å². The van der Waals surface area contributed by atoms with Gasteiger partial charge in [0.2, 0.25) is 18.1 Å². The number of aliphatic hydroxyl groups excluding tert-OH is 1. The largest absolute Gasteiger partial charge is 0.493 e. The second-order valence-electron chi connectivity index (χ2n) is 14.4. The number of aliphatic hydroxyl groups is 1. The molecule has 0 spiro atoms. The first-order valence-corrected chi connectivity index (χ1v) is 18.8. The lowest BCUT2D eigenvalue weighted by molar-refractivity contribution is -0.182. The molecule has 18 heteroatoms. The molecule has 0 radical (unpaired) electrons. The van der Waals surface area contributed by atoms with E-state index in [1.54, 1.807) is 22.8 Å². The molecule has 298 valence electrons. The Hall–Kier alpha value is -5.47. The number of epoxide rings is 1. The van der Waals surface area contributed by atoms with Gasteiger partial charge in [0.05, 0.1) is 53.8 Å². The zero-order valence-electron chi connectivity index (χ0n) is 30.8. The lowest BCUT2D eigenvalue weighted by Gasteiger charge is -2.24. The highest BCUT2D eigenvalue weighted by atomic mass is 16.9. The van der Waals surface area contributed by atoms with Gasteiger partial charge in [-0.3, -0.25) is 28.9 Å². The number of hydrogen-bond acceptors (Lipinski definition) is 15. The molecule has 0 aliphatic carbocycles. The Balaban J connectivity index is 0.862. The second kappa shape index (κ2) is 15.1. The fourth-order valence-corrected chi connectivity index (χ4v) is 7.81. The molecule has 18 nitrogen and oxygen atoms in total. The molecular formula is C39H40N6O12. The molecule has 4 aromatic rings. The molecule has 5 aliphatic heterocycles. The molecule has 5 aliphatic rings. The van der Waals surface area contributed by atoms with E-state index in [0.29, 0.717) is 52.3 Å². The molecule has 6 N–H and O–H groups in total. The summed E-state index contributed by atoms with van der Waals surface area (Å²) in [7, 11) is 0. The number of carbonyl (C=O) groups excluding carboxylic acids is 3. The standard InChI is InChI=1S/C39H40N6O12/c1-2-20-21-11-28-33-24(14-45(28)36(49)25(21)16-52-37(20)50)23(22-12-30-19(6-8-51-30)10-26(22)43-33)13-41-32(47)17-54-44-53-15-18-3-4-29(27(9-18)42-31(46)5-7-40)55-38-34(48)35-39(56-35)57-38/h3-4,9-12,20,34-35,38-39,44,48H,2,5-8,13-17,40H2,1H3,(H,41,47)(H,42,46). The molecule has 2 saturated heterocycles. The van der Waals surface area contributed by atoms with Crippen LogP contribution in [0.25, 0.3) is 22.3 Å². The first-order chi connectivity index (χ1) is 27.7. The zero-order valence-corrected chi connectivity index (χ0v) is 30.8. The number of aromatic nitrogens is 2. The lowest BCUT2D eigenvalue weighted by atomic mass is 9.90. The van der Waals surface area contributed by atoms with Crippen molar-refractivity contribution in [3.63, 3.8) is 0 Å². The molecule has 2 fully saturated rings. The van der Waals surface area contributed by atoms with Crippen LogP contribution in [0.2, 0.25) is 0 Å². The zero-order chi connectivity index (χ0) is 39.4. The maximum Gasteiger partial charge on any atom is 0.313 e. The van der Waals surface area contributed by atoms with Gasteiger partial charge in [-0.05, 0) is 59.0 Å². The van der Waals surface area contributed by atoms with Crippen LogP contribution in [-0.2, 0) is 71.0 Å². The van der Waals surface area contributed by atoms with E-state index in [-0.39, 0.29) is 62.5 Å². The van der Waals surface area contributed by atoms with E-state index in [2.05, 4.69) is 16.3 Å². The van der Waals surface area contributed by atoms with Crippen molar-refractivity contribution >= 4 is 34.4 Å². The summed E-state index contributed by atoms with van der Waals surface area (Å²) in [6.45, 7) is 2.45. The summed E-state index contributed by atoms with van der Waals surface area (Å²) in [5.74, 6) is -0.629. The highest BCUT2D eigenvalue weighted by molar-refractivity contribution is 5.93. The Kier molecular flexibility index (Phi) is 9.85. The van der Waals surface area contributed by atoms with Crippen LogP contribution in [0, 0.1) is 0 Å². The number of nitrogens with two attached hydrogens (primary N) is 1. The number of nitrogens with zero attached hydrogens (tertiary/aromatic N) is 2. The predicted molar refractivity (Wildman–Crippen MR) is 197 cm³/mol. The van der Waals surface area contributed by atoms with Crippen molar-refractivity contribution in [3.05, 3.63) is 80.1 Å². The minimum Gasteiger partial charge on any atom is -0.493 e. The molecule has 7 heterocycles. The minimum atomic E-state index is -0.976. The number of carbonyl (C=O) groups is 3. The fourth-order valence-electron chi connectivity index (χ4n) is 7.81. The van der Waals surface area contributed by atoms with Crippen molar-refractivity contribution in [1.29, 1.82) is 0 Å². The number of benzene rings is 2. The van der Waals surface area contributed by atoms with Crippen LogP contribution in [0.5, 0.6) is 11.5 Å². The van der Waals surface area contributed by atoms with Gasteiger partial charge >= 0.3 is 5.97 Å². The average Bonchev–Trinajstić information content (AvgIpc) is 3.47. The maximum absolute atomic E-state index is 13.8. The van der Waals surface area contributed by atoms with Gasteiger partial charge in [-0.2, -0.15) is 0 Å². The Morgan fingerprint density at radius 3 is 2.75 bits per heavy atom. The van der Waals surface area contributed by atoms with E-state index >= 15 is 0 Å². The van der Waals surface area contributed by atoms with Crippen molar-refractivity contribution in [1.82, 2.24) is 20.5 Å². The third-order valence-corrected chi connectivity index (χ3v) is 10.8. The van der Waals surface area contributed by atoms with Crippen LogP contribution in [0.15, 0.2) is 41.2 Å². The molecule has 57 heavy (non-hydrogen) atoms. The van der Waals surface area contributed by atoms with Gasteiger partial charge in [0, 0.05) is 36.9 Å². The highest BCUT2D eigenvalue weighted by Gasteiger charge is 2.58. The fraction of sp³-hybridized carbons (Fsp3) is 0.410. The highest BCUT2D eigenvalue weighted by Crippen LogP contribution is 2.42. The molecule has 5 atom stereocenters. The Morgan fingerprint density at radius 1 is 1.07 bits per heavy atom. The Bertz CT molecular complexity index is 2370. The summed E-state index contributed by atoms with van der Waals surface area (Å²) in [6.07, 6.45) is -1.55. The van der Waals surface area contributed by atoms with Crippen molar-refractivity contribution in [2.45, 2.75) is 83.2 Å². The number of amides is 2. The van der Waals surface area contributed by atoms with Gasteiger partial charge in [-0.15, -0.1) is 0 Å². The maximum atomic E-state index is 13.8. The number of cyclic esters (lactones) is 1. The van der Waals surface area contributed by atoms with E-state index < -0.39 is 43.2 Å². The summed E-state index contributed by atoms with van der Waals surface area (Å²) in [5, 5.41) is 16.8. The van der Waals surface area contributed by atoms with Crippen molar-refractivity contribution < 1.29 is 52.8 Å². The molecule has 2 amide bonds. The number of fused-ring (bicyclic) bond motifs is 7. The molecular weight excluding hydrogens is 744 g/mol. The van der Waals surface area contributed by atoms with E-state index in [1.165, 1.54) is 0 Å². The molecule has 2 aromatic carbocycles. The summed E-state index contributed by atoms with van der Waals surface area (Å²) in [4.78, 5) is 67.6. The first kappa shape index (κ1) is 37.1. The van der Waals surface area contributed by atoms with Crippen LogP contribution < -0.4 is 37.0 Å². The summed E-state index contributed by atoms with van der Waals surface area (Å²) in [5.41, 5.74) is 14.3. The number of nitrogens with one attached hydrogen (secondary N) is 3. The van der Waals surface area contributed by atoms with Crippen LogP contribution in [0.3, 0.4) is 0 Å². The molecule has 0 bridgehead atoms. The molecule has 2 aromatic heterocycles. The van der Waals surface area contributed by atoms with Gasteiger partial charge in [0.15, 0.2) is 6.29 Å². The smallest absolute Gasteiger partial charge is 0.313 e. The summed E-state index contributed by atoms with van der Waals surface area (Å²) in [6, 6.07) is 10.7. The third-order valence-electron chi connectivity index (χ3n) is 10.8. The number of pyridine rings is 2. The van der Waals surface area contributed by atoms with Crippen LogP contribution >= 0.6 is 0 Å². The number of esters is 1. The second-order valence-corrected chi connectivity index (χ2v) is 14.4. The normalized spacial score (nSPS) is 22.2. The first-order valence-electron chi connectivity index (χ1n) is 18.8. The van der Waals surface area contributed by atoms with Crippen LogP contribution in [0.1, 0.15) is 59.1 Å². The van der Waals surface area contributed by atoms with E-state index in [9.17, 15) is 24.3 Å². The molecule has 9 rings (SSSR count). The predicted octanol–water partition coefficient (Wildman–Crippen LogP) is 1.29. The Labute approximate surface area is 324 Å². The van der Waals surface area contributed by atoms with Crippen LogP contribution in [0.4, 0.5) is 5.69 Å². The Morgan fingerprint density at radius 2 is 1.95 bits per heavy atom. The third kappa shape index (κ3) is 6.98. The molecule has 0 saturated carbocycles. The minimum absolute atomic E-state index is 0.0214. The summed E-state index contributed by atoms with van der Waals surface area (Å²) < 4.78 is 29.4. The van der Waals surface area contributed by atoms with Gasteiger partial charge in [-0.1, -0.05) is 18.6 Å².